The first-order valence-electron chi connectivity index (χ1n) is 5.50. The maximum Gasteiger partial charge on any atom is 0.149 e. The molecule has 0 aliphatic carbocycles. The molecular formula is C14H13FN2S. The van der Waals surface area contributed by atoms with E-state index in [0.29, 0.717) is 22.5 Å². The van der Waals surface area contributed by atoms with Crippen molar-refractivity contribution >= 4 is 28.6 Å². The van der Waals surface area contributed by atoms with E-state index in [1.807, 2.05) is 18.2 Å². The van der Waals surface area contributed by atoms with Crippen LogP contribution in [0.5, 0.6) is 0 Å². The van der Waals surface area contributed by atoms with Gasteiger partial charge in [-0.2, -0.15) is 0 Å². The Labute approximate surface area is 111 Å². The van der Waals surface area contributed by atoms with E-state index in [4.69, 9.17) is 18.0 Å². The molecule has 0 fully saturated rings. The van der Waals surface area contributed by atoms with Crippen molar-refractivity contribution < 1.29 is 4.39 Å². The summed E-state index contributed by atoms with van der Waals surface area (Å²) in [5, 5.41) is 3.02. The zero-order chi connectivity index (χ0) is 13.1. The van der Waals surface area contributed by atoms with Crippen molar-refractivity contribution in [1.82, 2.24) is 0 Å². The number of thiocarbonyl (C=S) groups is 1. The number of benzene rings is 2. The Hall–Kier alpha value is -1.94. The van der Waals surface area contributed by atoms with Crippen molar-refractivity contribution in [2.45, 2.75) is 6.92 Å². The van der Waals surface area contributed by atoms with Gasteiger partial charge < -0.3 is 11.1 Å². The van der Waals surface area contributed by atoms with Crippen LogP contribution in [0.25, 0.3) is 0 Å². The van der Waals surface area contributed by atoms with Crippen molar-refractivity contribution in [2.24, 2.45) is 5.73 Å². The molecule has 0 radical (unpaired) electrons. The molecule has 0 saturated heterocycles. The lowest BCUT2D eigenvalue weighted by Gasteiger charge is -2.12. The van der Waals surface area contributed by atoms with Crippen LogP contribution in [0, 0.1) is 12.7 Å². The van der Waals surface area contributed by atoms with Gasteiger partial charge in [-0.3, -0.25) is 0 Å². The van der Waals surface area contributed by atoms with Crippen LogP contribution < -0.4 is 11.1 Å². The molecule has 2 nitrogen and oxygen atoms in total. The number of para-hydroxylation sites is 1. The van der Waals surface area contributed by atoms with Gasteiger partial charge in [0.25, 0.3) is 0 Å². The van der Waals surface area contributed by atoms with Gasteiger partial charge in [-0.1, -0.05) is 36.5 Å². The van der Waals surface area contributed by atoms with Crippen LogP contribution in [0.15, 0.2) is 42.5 Å². The normalized spacial score (nSPS) is 10.1. The standard InChI is InChI=1S/C14H13FN2S/c1-9-5-4-8-12(13(9)15)17-11-7-3-2-6-10(11)14(16)18/h2-8,17H,1H3,(H2,16,18). The molecule has 0 heterocycles. The molecule has 0 saturated carbocycles. The van der Waals surface area contributed by atoms with Crippen LogP contribution in [0.2, 0.25) is 0 Å². The molecule has 0 aliphatic rings. The van der Waals surface area contributed by atoms with Crippen LogP contribution in [-0.2, 0) is 0 Å². The van der Waals surface area contributed by atoms with Crippen LogP contribution in [0.3, 0.4) is 0 Å². The summed E-state index contributed by atoms with van der Waals surface area (Å²) in [6.07, 6.45) is 0. The molecule has 4 heteroatoms. The van der Waals surface area contributed by atoms with Gasteiger partial charge in [0, 0.05) is 11.3 Å². The highest BCUT2D eigenvalue weighted by atomic mass is 32.1. The molecule has 0 spiro atoms. The predicted molar refractivity (Wildman–Crippen MR) is 76.7 cm³/mol. The Morgan fingerprint density at radius 1 is 1.11 bits per heavy atom. The summed E-state index contributed by atoms with van der Waals surface area (Å²) in [5.41, 5.74) is 8.05. The second-order valence-corrected chi connectivity index (χ2v) is 4.41. The molecule has 0 aliphatic heterocycles. The molecule has 0 unspecified atom stereocenters. The van der Waals surface area contributed by atoms with E-state index >= 15 is 0 Å². The number of nitrogens with two attached hydrogens (primary N) is 1. The largest absolute Gasteiger partial charge is 0.389 e. The summed E-state index contributed by atoms with van der Waals surface area (Å²) in [6.45, 7) is 1.72. The van der Waals surface area contributed by atoms with E-state index in [9.17, 15) is 4.39 Å². The Morgan fingerprint density at radius 2 is 1.78 bits per heavy atom. The topological polar surface area (TPSA) is 38.0 Å². The zero-order valence-electron chi connectivity index (χ0n) is 9.91. The molecular weight excluding hydrogens is 247 g/mol. The van der Waals surface area contributed by atoms with Crippen LogP contribution >= 0.6 is 12.2 Å². The summed E-state index contributed by atoms with van der Waals surface area (Å²) < 4.78 is 13.9. The fourth-order valence-electron chi connectivity index (χ4n) is 1.70. The lowest BCUT2D eigenvalue weighted by molar-refractivity contribution is 0.622. The summed E-state index contributed by atoms with van der Waals surface area (Å²) in [5.74, 6) is -0.268. The third-order valence-corrected chi connectivity index (χ3v) is 2.87. The Balaban J connectivity index is 2.40. The molecule has 3 N–H and O–H groups in total. The zero-order valence-corrected chi connectivity index (χ0v) is 10.7. The summed E-state index contributed by atoms with van der Waals surface area (Å²) in [4.78, 5) is 0.283. The lowest BCUT2D eigenvalue weighted by atomic mass is 10.1. The van der Waals surface area contributed by atoms with Crippen molar-refractivity contribution in [2.75, 3.05) is 5.32 Å². The monoisotopic (exact) mass is 260 g/mol. The highest BCUT2D eigenvalue weighted by molar-refractivity contribution is 7.80. The molecule has 0 aromatic heterocycles. The Bertz CT molecular complexity index is 596. The first-order chi connectivity index (χ1) is 8.59. The minimum absolute atomic E-state index is 0.268. The maximum absolute atomic E-state index is 13.9. The predicted octanol–water partition coefficient (Wildman–Crippen LogP) is 3.51. The number of anilines is 2. The third-order valence-electron chi connectivity index (χ3n) is 2.65. The molecule has 0 amide bonds. The van der Waals surface area contributed by atoms with E-state index in [0.717, 1.165) is 0 Å². The molecule has 2 aromatic carbocycles. The summed E-state index contributed by atoms with van der Waals surface area (Å²) in [6, 6.07) is 12.5. The molecule has 92 valence electrons. The molecule has 0 bridgehead atoms. The van der Waals surface area contributed by atoms with E-state index in [2.05, 4.69) is 5.32 Å². The van der Waals surface area contributed by atoms with Crippen LogP contribution in [0.1, 0.15) is 11.1 Å². The van der Waals surface area contributed by atoms with Gasteiger partial charge in [0.2, 0.25) is 0 Å². The van der Waals surface area contributed by atoms with Crippen LogP contribution in [0.4, 0.5) is 15.8 Å². The number of nitrogens with one attached hydrogen (secondary N) is 1. The van der Waals surface area contributed by atoms with Gasteiger partial charge >= 0.3 is 0 Å². The number of hydrogen-bond donors (Lipinski definition) is 2. The summed E-state index contributed by atoms with van der Waals surface area (Å²) >= 11 is 4.97. The second-order valence-electron chi connectivity index (χ2n) is 3.97. The average Bonchev–Trinajstić information content (AvgIpc) is 2.35. The maximum atomic E-state index is 13.9. The molecule has 2 aromatic rings. The smallest absolute Gasteiger partial charge is 0.149 e. The fourth-order valence-corrected chi connectivity index (χ4v) is 1.87. The highest BCUT2D eigenvalue weighted by Crippen LogP contribution is 2.24. The average molecular weight is 260 g/mol. The minimum Gasteiger partial charge on any atom is -0.389 e. The first kappa shape index (κ1) is 12.5. The quantitative estimate of drug-likeness (QED) is 0.829. The number of hydrogen-bond acceptors (Lipinski definition) is 2. The van der Waals surface area contributed by atoms with E-state index in [-0.39, 0.29) is 10.8 Å². The van der Waals surface area contributed by atoms with Crippen LogP contribution in [-0.4, -0.2) is 4.99 Å². The first-order valence-corrected chi connectivity index (χ1v) is 5.91. The molecule has 18 heavy (non-hydrogen) atoms. The van der Waals surface area contributed by atoms with Gasteiger partial charge in [0.05, 0.1) is 5.69 Å². The Kier molecular flexibility index (Phi) is 3.58. The van der Waals surface area contributed by atoms with E-state index in [1.165, 1.54) is 0 Å². The van der Waals surface area contributed by atoms with Crippen molar-refractivity contribution in [1.29, 1.82) is 0 Å². The highest BCUT2D eigenvalue weighted by Gasteiger charge is 2.08. The van der Waals surface area contributed by atoms with Gasteiger partial charge in [-0.25, -0.2) is 4.39 Å². The second kappa shape index (κ2) is 5.14. The third kappa shape index (κ3) is 2.49. The lowest BCUT2D eigenvalue weighted by Crippen LogP contribution is -2.12. The Morgan fingerprint density at radius 3 is 2.50 bits per heavy atom. The summed E-state index contributed by atoms with van der Waals surface area (Å²) in [7, 11) is 0. The van der Waals surface area contributed by atoms with E-state index in [1.54, 1.807) is 31.2 Å². The van der Waals surface area contributed by atoms with Gasteiger partial charge in [-0.15, -0.1) is 0 Å². The van der Waals surface area contributed by atoms with Gasteiger partial charge in [-0.05, 0) is 30.7 Å². The van der Waals surface area contributed by atoms with Crippen molar-refractivity contribution in [3.63, 3.8) is 0 Å². The fraction of sp³-hybridized carbons (Fsp3) is 0.0714. The van der Waals surface area contributed by atoms with Gasteiger partial charge in [0.15, 0.2) is 0 Å². The van der Waals surface area contributed by atoms with E-state index < -0.39 is 0 Å². The van der Waals surface area contributed by atoms with Crippen molar-refractivity contribution in [3.8, 4) is 0 Å². The number of halogens is 1. The minimum atomic E-state index is -0.268. The SMILES string of the molecule is Cc1cccc(Nc2ccccc2C(N)=S)c1F. The number of rotatable bonds is 3. The number of aryl methyl sites for hydroxylation is 1. The molecule has 2 rings (SSSR count). The molecule has 0 atom stereocenters. The van der Waals surface area contributed by atoms with Gasteiger partial charge in [0.1, 0.15) is 10.8 Å². The van der Waals surface area contributed by atoms with Crippen molar-refractivity contribution in [3.05, 3.63) is 59.4 Å².